The molecule has 0 saturated heterocycles. The molecule has 0 heterocycles. The Bertz CT molecular complexity index is 710. The molecular weight excluding hydrogens is 302 g/mol. The number of rotatable bonds is 7. The molecule has 0 spiro atoms. The van der Waals surface area contributed by atoms with E-state index in [2.05, 4.69) is 5.32 Å². The van der Waals surface area contributed by atoms with Crippen LogP contribution in [0.3, 0.4) is 0 Å². The second-order valence-corrected chi connectivity index (χ2v) is 6.07. The zero-order valence-electron chi connectivity index (χ0n) is 14.1. The Morgan fingerprint density at radius 3 is 2.46 bits per heavy atom. The third kappa shape index (κ3) is 5.23. The Kier molecular flexibility index (Phi) is 6.13. The van der Waals surface area contributed by atoms with E-state index in [1.807, 2.05) is 62.4 Å². The quantitative estimate of drug-likeness (QED) is 0.818. The van der Waals surface area contributed by atoms with Crippen molar-refractivity contribution < 1.29 is 14.7 Å². The zero-order valence-corrected chi connectivity index (χ0v) is 14.1. The molecule has 0 radical (unpaired) electrons. The molecule has 0 bridgehead atoms. The first-order chi connectivity index (χ1) is 11.5. The largest absolute Gasteiger partial charge is 0.481 e. The summed E-state index contributed by atoms with van der Waals surface area (Å²) in [6, 6.07) is 15.3. The van der Waals surface area contributed by atoms with Gasteiger partial charge in [-0.1, -0.05) is 54.1 Å². The molecule has 0 fully saturated rings. The lowest BCUT2D eigenvalue weighted by Crippen LogP contribution is -2.30. The minimum absolute atomic E-state index is 0.0172. The molecule has 2 N–H and O–H groups in total. The van der Waals surface area contributed by atoms with Gasteiger partial charge in [-0.05, 0) is 37.0 Å². The number of hydrogen-bond donors (Lipinski definition) is 2. The summed E-state index contributed by atoms with van der Waals surface area (Å²) in [6.07, 6.45) is 0.686. The van der Waals surface area contributed by atoms with Crippen molar-refractivity contribution in [1.82, 2.24) is 5.32 Å². The third-order valence-electron chi connectivity index (χ3n) is 4.04. The number of carboxylic acids is 1. The van der Waals surface area contributed by atoms with E-state index in [-0.39, 0.29) is 18.4 Å². The summed E-state index contributed by atoms with van der Waals surface area (Å²) in [5, 5.41) is 11.9. The molecule has 24 heavy (non-hydrogen) atoms. The van der Waals surface area contributed by atoms with Crippen LogP contribution in [0.2, 0.25) is 0 Å². The van der Waals surface area contributed by atoms with E-state index < -0.39 is 5.97 Å². The number of carbonyl (C=O) groups is 2. The van der Waals surface area contributed by atoms with Crippen LogP contribution >= 0.6 is 0 Å². The van der Waals surface area contributed by atoms with E-state index in [4.69, 9.17) is 5.11 Å². The fourth-order valence-electron chi connectivity index (χ4n) is 2.68. The van der Waals surface area contributed by atoms with Crippen molar-refractivity contribution in [2.24, 2.45) is 0 Å². The van der Waals surface area contributed by atoms with Crippen molar-refractivity contribution in [3.05, 3.63) is 70.8 Å². The van der Waals surface area contributed by atoms with Gasteiger partial charge in [0.1, 0.15) is 0 Å². The van der Waals surface area contributed by atoms with Gasteiger partial charge in [0.05, 0.1) is 12.5 Å². The Hall–Kier alpha value is -2.62. The number of hydrogen-bond acceptors (Lipinski definition) is 2. The van der Waals surface area contributed by atoms with Gasteiger partial charge in [-0.2, -0.15) is 0 Å². The molecule has 1 unspecified atom stereocenters. The molecule has 4 nitrogen and oxygen atoms in total. The lowest BCUT2D eigenvalue weighted by molar-refractivity contribution is -0.137. The molecule has 0 aliphatic carbocycles. The Balaban J connectivity index is 2.09. The molecule has 2 aromatic carbocycles. The van der Waals surface area contributed by atoms with E-state index in [0.717, 1.165) is 22.3 Å². The lowest BCUT2D eigenvalue weighted by atomic mass is 10.00. The fourth-order valence-corrected chi connectivity index (χ4v) is 2.68. The summed E-state index contributed by atoms with van der Waals surface area (Å²) < 4.78 is 0. The number of carboxylic acid groups (broad SMARTS) is 1. The number of benzene rings is 2. The standard InChI is InChI=1S/C20H23NO3/c1-14-8-9-15(2)17(12-14)13-19(22)21-18(10-11-20(23)24)16-6-4-3-5-7-16/h3-9,12,18H,10-11,13H2,1-2H3,(H,21,22)(H,23,24). The first-order valence-electron chi connectivity index (χ1n) is 8.08. The first-order valence-corrected chi connectivity index (χ1v) is 8.08. The normalized spacial score (nSPS) is 11.8. The summed E-state index contributed by atoms with van der Waals surface area (Å²) in [5.41, 5.74) is 4.12. The van der Waals surface area contributed by atoms with Crippen LogP contribution in [0.15, 0.2) is 48.5 Å². The first kappa shape index (κ1) is 17.7. The second kappa shape index (κ2) is 8.29. The SMILES string of the molecule is Cc1ccc(C)c(CC(=O)NC(CCC(=O)O)c2ccccc2)c1. The molecule has 0 aliphatic rings. The van der Waals surface area contributed by atoms with Crippen LogP contribution in [0.1, 0.15) is 41.1 Å². The topological polar surface area (TPSA) is 66.4 Å². The number of aryl methyl sites for hydroxylation is 2. The zero-order chi connectivity index (χ0) is 17.5. The molecule has 1 amide bonds. The Labute approximate surface area is 142 Å². The third-order valence-corrected chi connectivity index (χ3v) is 4.04. The highest BCUT2D eigenvalue weighted by atomic mass is 16.4. The van der Waals surface area contributed by atoms with Gasteiger partial charge < -0.3 is 10.4 Å². The van der Waals surface area contributed by atoms with Crippen molar-refractivity contribution in [1.29, 1.82) is 0 Å². The average Bonchev–Trinajstić information content (AvgIpc) is 2.55. The highest BCUT2D eigenvalue weighted by Gasteiger charge is 2.16. The molecule has 2 aromatic rings. The molecule has 0 aliphatic heterocycles. The number of amides is 1. The summed E-state index contributed by atoms with van der Waals surface area (Å²) in [7, 11) is 0. The van der Waals surface area contributed by atoms with Gasteiger partial charge in [0.15, 0.2) is 0 Å². The van der Waals surface area contributed by atoms with Gasteiger partial charge in [-0.15, -0.1) is 0 Å². The van der Waals surface area contributed by atoms with Gasteiger partial charge in [0, 0.05) is 6.42 Å². The van der Waals surface area contributed by atoms with Crippen LogP contribution < -0.4 is 5.32 Å². The highest BCUT2D eigenvalue weighted by Crippen LogP contribution is 2.19. The molecule has 1 atom stereocenters. The van der Waals surface area contributed by atoms with Gasteiger partial charge >= 0.3 is 5.97 Å². The van der Waals surface area contributed by atoms with Crippen LogP contribution in [-0.4, -0.2) is 17.0 Å². The highest BCUT2D eigenvalue weighted by molar-refractivity contribution is 5.79. The van der Waals surface area contributed by atoms with Crippen LogP contribution in [0.25, 0.3) is 0 Å². The fraction of sp³-hybridized carbons (Fsp3) is 0.300. The van der Waals surface area contributed by atoms with Gasteiger partial charge in [-0.25, -0.2) is 0 Å². The maximum atomic E-state index is 12.4. The maximum Gasteiger partial charge on any atom is 0.303 e. The van der Waals surface area contributed by atoms with Crippen molar-refractivity contribution >= 4 is 11.9 Å². The van der Waals surface area contributed by atoms with Crippen LogP contribution in [0.5, 0.6) is 0 Å². The van der Waals surface area contributed by atoms with Gasteiger partial charge in [0.2, 0.25) is 5.91 Å². The minimum atomic E-state index is -0.861. The number of nitrogens with one attached hydrogen (secondary N) is 1. The van der Waals surface area contributed by atoms with Crippen LogP contribution in [-0.2, 0) is 16.0 Å². The summed E-state index contributed by atoms with van der Waals surface area (Å²) in [6.45, 7) is 3.99. The Morgan fingerprint density at radius 2 is 1.79 bits per heavy atom. The smallest absolute Gasteiger partial charge is 0.303 e. The van der Waals surface area contributed by atoms with Crippen molar-refractivity contribution in [2.45, 2.75) is 39.2 Å². The molecule has 2 rings (SSSR count). The lowest BCUT2D eigenvalue weighted by Gasteiger charge is -2.19. The predicted octanol–water partition coefficient (Wildman–Crippen LogP) is 3.57. The van der Waals surface area contributed by atoms with E-state index in [1.165, 1.54) is 0 Å². The summed E-state index contributed by atoms with van der Waals surface area (Å²) in [5.74, 6) is -0.956. The molecule has 4 heteroatoms. The average molecular weight is 325 g/mol. The molecule has 0 saturated carbocycles. The Morgan fingerprint density at radius 1 is 1.08 bits per heavy atom. The van der Waals surface area contributed by atoms with E-state index in [9.17, 15) is 9.59 Å². The predicted molar refractivity (Wildman–Crippen MR) is 93.8 cm³/mol. The summed E-state index contributed by atoms with van der Waals surface area (Å²) >= 11 is 0. The van der Waals surface area contributed by atoms with Crippen molar-refractivity contribution in [3.8, 4) is 0 Å². The molecule has 0 aromatic heterocycles. The van der Waals surface area contributed by atoms with E-state index >= 15 is 0 Å². The van der Waals surface area contributed by atoms with Crippen LogP contribution in [0.4, 0.5) is 0 Å². The maximum absolute atomic E-state index is 12.4. The van der Waals surface area contributed by atoms with E-state index in [0.29, 0.717) is 12.8 Å². The van der Waals surface area contributed by atoms with Crippen LogP contribution in [0, 0.1) is 13.8 Å². The van der Waals surface area contributed by atoms with Crippen molar-refractivity contribution in [3.63, 3.8) is 0 Å². The minimum Gasteiger partial charge on any atom is -0.481 e. The number of carbonyl (C=O) groups excluding carboxylic acids is 1. The van der Waals surface area contributed by atoms with Crippen molar-refractivity contribution in [2.75, 3.05) is 0 Å². The monoisotopic (exact) mass is 325 g/mol. The second-order valence-electron chi connectivity index (χ2n) is 6.07. The molecule has 126 valence electrons. The molecular formula is C20H23NO3. The number of aliphatic carboxylic acids is 1. The van der Waals surface area contributed by atoms with Gasteiger partial charge in [0.25, 0.3) is 0 Å². The van der Waals surface area contributed by atoms with E-state index in [1.54, 1.807) is 0 Å². The summed E-state index contributed by atoms with van der Waals surface area (Å²) in [4.78, 5) is 23.3. The van der Waals surface area contributed by atoms with Gasteiger partial charge in [-0.3, -0.25) is 9.59 Å².